The summed E-state index contributed by atoms with van der Waals surface area (Å²) in [6, 6.07) is 0. The van der Waals surface area contributed by atoms with Crippen molar-refractivity contribution in [1.82, 2.24) is 0 Å². The second-order valence-corrected chi connectivity index (χ2v) is 7.73. The molecule has 1 aliphatic heterocycles. The first kappa shape index (κ1) is 13.0. The van der Waals surface area contributed by atoms with Crippen LogP contribution in [-0.4, -0.2) is 18.9 Å². The highest BCUT2D eigenvalue weighted by molar-refractivity contribution is 7.18. The molecule has 2 fully saturated rings. The normalized spacial score (nSPS) is 21.9. The number of anilines is 2. The summed E-state index contributed by atoms with van der Waals surface area (Å²) >= 11 is 1.61. The second-order valence-electron chi connectivity index (χ2n) is 6.73. The lowest BCUT2D eigenvalue weighted by atomic mass is 9.93. The summed E-state index contributed by atoms with van der Waals surface area (Å²) in [7, 11) is 0. The van der Waals surface area contributed by atoms with Gasteiger partial charge in [0.15, 0.2) is 5.78 Å². The Balaban J connectivity index is 2.01. The molecule has 3 rings (SSSR count). The van der Waals surface area contributed by atoms with E-state index in [-0.39, 0.29) is 5.78 Å². The third-order valence-corrected chi connectivity index (χ3v) is 5.62. The van der Waals surface area contributed by atoms with E-state index in [0.717, 1.165) is 23.7 Å². The van der Waals surface area contributed by atoms with Crippen LogP contribution in [0.5, 0.6) is 0 Å². The van der Waals surface area contributed by atoms with Crippen LogP contribution in [0.15, 0.2) is 0 Å². The molecule has 2 heterocycles. The van der Waals surface area contributed by atoms with Crippen molar-refractivity contribution in [2.24, 2.45) is 5.41 Å². The molecule has 0 spiro atoms. The maximum absolute atomic E-state index is 11.7. The molecular weight excluding hydrogens is 256 g/mol. The minimum absolute atomic E-state index is 0.106. The standard InChI is InChI=1S/C15H22N2OS/c1-9(18)13-12(16)11(10-4-5-10)14(19-13)17-7-6-15(2,3)8-17/h10H,4-8,16H2,1-3H3. The van der Waals surface area contributed by atoms with Crippen LogP contribution in [0.4, 0.5) is 10.7 Å². The van der Waals surface area contributed by atoms with E-state index in [1.54, 1.807) is 18.3 Å². The zero-order valence-electron chi connectivity index (χ0n) is 12.0. The summed E-state index contributed by atoms with van der Waals surface area (Å²) < 4.78 is 0. The first-order chi connectivity index (χ1) is 8.89. The first-order valence-corrected chi connectivity index (χ1v) is 7.89. The van der Waals surface area contributed by atoms with Crippen LogP contribution in [0.2, 0.25) is 0 Å². The number of hydrogen-bond donors (Lipinski definition) is 1. The van der Waals surface area contributed by atoms with Gasteiger partial charge in [-0.3, -0.25) is 4.79 Å². The third kappa shape index (κ3) is 2.27. The SMILES string of the molecule is CC(=O)c1sc(N2CCC(C)(C)C2)c(C2CC2)c1N. The quantitative estimate of drug-likeness (QED) is 0.859. The molecule has 1 aromatic rings. The Morgan fingerprint density at radius 1 is 1.42 bits per heavy atom. The molecule has 1 saturated heterocycles. The molecule has 3 nitrogen and oxygen atoms in total. The Morgan fingerprint density at radius 3 is 2.58 bits per heavy atom. The highest BCUT2D eigenvalue weighted by Gasteiger charge is 2.37. The fourth-order valence-electron chi connectivity index (χ4n) is 2.99. The van der Waals surface area contributed by atoms with E-state index in [1.807, 2.05) is 0 Å². The largest absolute Gasteiger partial charge is 0.397 e. The number of nitrogen functional groups attached to an aromatic ring is 1. The number of Topliss-reactive ketones (excluding diaryl/α,β-unsaturated/α-hetero) is 1. The predicted molar refractivity (Wildman–Crippen MR) is 81.3 cm³/mol. The van der Waals surface area contributed by atoms with Crippen molar-refractivity contribution in [3.63, 3.8) is 0 Å². The van der Waals surface area contributed by atoms with Crippen molar-refractivity contribution < 1.29 is 4.79 Å². The van der Waals surface area contributed by atoms with Gasteiger partial charge in [0, 0.05) is 25.6 Å². The van der Waals surface area contributed by atoms with E-state index >= 15 is 0 Å². The number of ketones is 1. The lowest BCUT2D eigenvalue weighted by Crippen LogP contribution is -2.22. The first-order valence-electron chi connectivity index (χ1n) is 7.07. The molecule has 0 unspecified atom stereocenters. The van der Waals surface area contributed by atoms with Gasteiger partial charge in [0.1, 0.15) is 0 Å². The molecule has 1 saturated carbocycles. The van der Waals surface area contributed by atoms with Gasteiger partial charge in [-0.2, -0.15) is 0 Å². The zero-order chi connectivity index (χ0) is 13.8. The van der Waals surface area contributed by atoms with E-state index in [0.29, 0.717) is 11.3 Å². The van der Waals surface area contributed by atoms with Crippen molar-refractivity contribution >= 4 is 27.8 Å². The van der Waals surface area contributed by atoms with Gasteiger partial charge in [-0.1, -0.05) is 13.8 Å². The van der Waals surface area contributed by atoms with Crippen molar-refractivity contribution in [1.29, 1.82) is 0 Å². The Bertz CT molecular complexity index is 528. The van der Waals surface area contributed by atoms with E-state index in [9.17, 15) is 4.79 Å². The van der Waals surface area contributed by atoms with Crippen molar-refractivity contribution in [3.8, 4) is 0 Å². The van der Waals surface area contributed by atoms with Gasteiger partial charge in [-0.15, -0.1) is 11.3 Å². The van der Waals surface area contributed by atoms with Crippen LogP contribution < -0.4 is 10.6 Å². The zero-order valence-corrected chi connectivity index (χ0v) is 12.8. The summed E-state index contributed by atoms with van der Waals surface area (Å²) in [6.07, 6.45) is 3.66. The maximum atomic E-state index is 11.7. The molecule has 104 valence electrons. The second kappa shape index (κ2) is 4.23. The maximum Gasteiger partial charge on any atom is 0.171 e. The predicted octanol–water partition coefficient (Wildman–Crippen LogP) is 3.65. The van der Waals surface area contributed by atoms with Crippen LogP contribution in [0, 0.1) is 5.41 Å². The van der Waals surface area contributed by atoms with Crippen LogP contribution in [0.1, 0.15) is 61.2 Å². The summed E-state index contributed by atoms with van der Waals surface area (Å²) in [4.78, 5) is 14.9. The van der Waals surface area contributed by atoms with Crippen LogP contribution in [0.25, 0.3) is 0 Å². The van der Waals surface area contributed by atoms with Crippen molar-refractivity contribution in [2.75, 3.05) is 23.7 Å². The van der Waals surface area contributed by atoms with Gasteiger partial charge in [0.05, 0.1) is 15.6 Å². The van der Waals surface area contributed by atoms with Gasteiger partial charge in [-0.25, -0.2) is 0 Å². The van der Waals surface area contributed by atoms with Crippen molar-refractivity contribution in [2.45, 2.75) is 46.0 Å². The highest BCUT2D eigenvalue weighted by Crippen LogP contribution is 2.53. The number of rotatable bonds is 3. The van der Waals surface area contributed by atoms with Crippen LogP contribution in [0.3, 0.4) is 0 Å². The third-order valence-electron chi connectivity index (χ3n) is 4.23. The lowest BCUT2D eigenvalue weighted by molar-refractivity contribution is 0.102. The Kier molecular flexibility index (Phi) is 2.89. The molecule has 19 heavy (non-hydrogen) atoms. The average molecular weight is 278 g/mol. The number of nitrogens with zero attached hydrogens (tertiary/aromatic N) is 1. The molecule has 2 N–H and O–H groups in total. The van der Waals surface area contributed by atoms with Gasteiger partial charge in [0.2, 0.25) is 0 Å². The monoisotopic (exact) mass is 278 g/mol. The average Bonchev–Trinajstić information content (AvgIpc) is 2.99. The molecule has 0 aromatic carbocycles. The lowest BCUT2D eigenvalue weighted by Gasteiger charge is -2.21. The molecule has 0 amide bonds. The summed E-state index contributed by atoms with van der Waals surface area (Å²) in [6.45, 7) is 8.41. The topological polar surface area (TPSA) is 46.3 Å². The summed E-state index contributed by atoms with van der Waals surface area (Å²) in [5.41, 5.74) is 8.65. The number of carbonyl (C=O) groups excluding carboxylic acids is 1. The van der Waals surface area contributed by atoms with E-state index in [1.165, 1.54) is 29.8 Å². The van der Waals surface area contributed by atoms with Crippen LogP contribution >= 0.6 is 11.3 Å². The minimum atomic E-state index is 0.106. The molecule has 0 bridgehead atoms. The molecular formula is C15H22N2OS. The van der Waals surface area contributed by atoms with Gasteiger partial charge in [0.25, 0.3) is 0 Å². The van der Waals surface area contributed by atoms with Gasteiger partial charge < -0.3 is 10.6 Å². The Labute approximate surface area is 118 Å². The smallest absolute Gasteiger partial charge is 0.171 e. The molecule has 1 aliphatic carbocycles. The van der Waals surface area contributed by atoms with E-state index < -0.39 is 0 Å². The molecule has 1 aromatic heterocycles. The van der Waals surface area contributed by atoms with E-state index in [2.05, 4.69) is 18.7 Å². The van der Waals surface area contributed by atoms with Gasteiger partial charge >= 0.3 is 0 Å². The van der Waals surface area contributed by atoms with Crippen LogP contribution in [-0.2, 0) is 0 Å². The summed E-state index contributed by atoms with van der Waals surface area (Å²) in [5.74, 6) is 0.706. The number of carbonyl (C=O) groups is 1. The van der Waals surface area contributed by atoms with E-state index in [4.69, 9.17) is 5.73 Å². The van der Waals surface area contributed by atoms with Crippen molar-refractivity contribution in [3.05, 3.63) is 10.4 Å². The fraction of sp³-hybridized carbons (Fsp3) is 0.667. The fourth-order valence-corrected chi connectivity index (χ4v) is 4.22. The number of thiophene rings is 1. The number of hydrogen-bond acceptors (Lipinski definition) is 4. The molecule has 4 heteroatoms. The Morgan fingerprint density at radius 2 is 2.11 bits per heavy atom. The number of nitrogens with two attached hydrogens (primary N) is 1. The molecule has 2 aliphatic rings. The molecule has 0 atom stereocenters. The van der Waals surface area contributed by atoms with Gasteiger partial charge in [-0.05, 0) is 30.6 Å². The molecule has 0 radical (unpaired) electrons. The highest BCUT2D eigenvalue weighted by atomic mass is 32.1. The minimum Gasteiger partial charge on any atom is -0.397 e. The Hall–Kier alpha value is -1.03. The summed E-state index contributed by atoms with van der Waals surface area (Å²) in [5, 5.41) is 1.27.